The van der Waals surface area contributed by atoms with E-state index in [1.165, 1.54) is 45.6 Å². The van der Waals surface area contributed by atoms with Gasteiger partial charge in [-0.15, -0.1) is 0 Å². The van der Waals surface area contributed by atoms with Crippen LogP contribution in [-0.2, 0) is 0 Å². The first kappa shape index (κ1) is 16.3. The largest absolute Gasteiger partial charge is 0.317 e. The van der Waals surface area contributed by atoms with Gasteiger partial charge in [0, 0.05) is 38.3 Å². The summed E-state index contributed by atoms with van der Waals surface area (Å²) in [6.07, 6.45) is 2.77. The number of piperazine rings is 1. The standard InChI is InChI=1S/C17H35N3/c1-6-20-8-7-19(11-15(20)4)12-16-14(3)9-13(2)10-17(16)18-5/h13-18H,6-12H2,1-5H3. The van der Waals surface area contributed by atoms with Crippen LogP contribution >= 0.6 is 0 Å². The quantitative estimate of drug-likeness (QED) is 0.853. The lowest BCUT2D eigenvalue weighted by molar-refractivity contribution is 0.0470. The highest BCUT2D eigenvalue weighted by Gasteiger charge is 2.35. The van der Waals surface area contributed by atoms with Crippen LogP contribution in [0.4, 0.5) is 0 Å². The molecule has 5 atom stereocenters. The van der Waals surface area contributed by atoms with E-state index in [2.05, 4.69) is 49.9 Å². The normalized spacial score (nSPS) is 41.0. The molecule has 3 heteroatoms. The molecule has 0 aromatic rings. The maximum atomic E-state index is 3.60. The van der Waals surface area contributed by atoms with E-state index in [-0.39, 0.29) is 0 Å². The molecule has 0 aromatic carbocycles. The Morgan fingerprint density at radius 2 is 1.85 bits per heavy atom. The molecular weight excluding hydrogens is 246 g/mol. The molecule has 3 nitrogen and oxygen atoms in total. The highest BCUT2D eigenvalue weighted by molar-refractivity contribution is 4.90. The van der Waals surface area contributed by atoms with Gasteiger partial charge in [-0.2, -0.15) is 0 Å². The molecule has 1 N–H and O–H groups in total. The van der Waals surface area contributed by atoms with Crippen molar-refractivity contribution in [2.75, 3.05) is 39.8 Å². The van der Waals surface area contributed by atoms with Crippen molar-refractivity contribution in [2.45, 2.75) is 52.6 Å². The second kappa shape index (κ2) is 7.24. The average Bonchev–Trinajstić information content (AvgIpc) is 2.41. The number of rotatable bonds is 4. The van der Waals surface area contributed by atoms with Gasteiger partial charge < -0.3 is 10.2 Å². The molecule has 2 rings (SSSR count). The zero-order valence-corrected chi connectivity index (χ0v) is 14.2. The molecular formula is C17H35N3. The molecule has 0 bridgehead atoms. The van der Waals surface area contributed by atoms with Crippen molar-refractivity contribution in [3.8, 4) is 0 Å². The summed E-state index contributed by atoms with van der Waals surface area (Å²) in [7, 11) is 2.15. The van der Waals surface area contributed by atoms with E-state index in [1.807, 2.05) is 0 Å². The maximum absolute atomic E-state index is 3.60. The Bertz CT molecular complexity index is 294. The van der Waals surface area contributed by atoms with E-state index < -0.39 is 0 Å². The molecule has 2 aliphatic rings. The summed E-state index contributed by atoms with van der Waals surface area (Å²) in [5.41, 5.74) is 0. The minimum atomic E-state index is 0.716. The fourth-order valence-electron chi connectivity index (χ4n) is 4.55. The average molecular weight is 281 g/mol. The summed E-state index contributed by atoms with van der Waals surface area (Å²) in [6.45, 7) is 15.8. The zero-order valence-electron chi connectivity index (χ0n) is 14.2. The first-order chi connectivity index (χ1) is 9.55. The molecule has 118 valence electrons. The third-order valence-corrected chi connectivity index (χ3v) is 5.77. The van der Waals surface area contributed by atoms with Crippen LogP contribution in [0, 0.1) is 17.8 Å². The number of hydrogen-bond acceptors (Lipinski definition) is 3. The molecule has 1 aliphatic carbocycles. The number of hydrogen-bond donors (Lipinski definition) is 1. The number of nitrogens with zero attached hydrogens (tertiary/aromatic N) is 2. The van der Waals surface area contributed by atoms with Gasteiger partial charge in [0.25, 0.3) is 0 Å². The Morgan fingerprint density at radius 1 is 1.10 bits per heavy atom. The smallest absolute Gasteiger partial charge is 0.0195 e. The zero-order chi connectivity index (χ0) is 14.7. The molecule has 5 unspecified atom stereocenters. The molecule has 0 spiro atoms. The van der Waals surface area contributed by atoms with Crippen LogP contribution in [0.2, 0.25) is 0 Å². The van der Waals surface area contributed by atoms with E-state index in [9.17, 15) is 0 Å². The summed E-state index contributed by atoms with van der Waals surface area (Å²) in [4.78, 5) is 5.33. The van der Waals surface area contributed by atoms with Gasteiger partial charge in [0.2, 0.25) is 0 Å². The fourth-order valence-corrected chi connectivity index (χ4v) is 4.55. The lowest BCUT2D eigenvalue weighted by atomic mass is 9.72. The summed E-state index contributed by atoms with van der Waals surface area (Å²) in [5, 5.41) is 3.60. The van der Waals surface area contributed by atoms with Crippen LogP contribution in [-0.4, -0.2) is 61.7 Å². The van der Waals surface area contributed by atoms with Crippen molar-refractivity contribution in [3.05, 3.63) is 0 Å². The molecule has 0 radical (unpaired) electrons. The van der Waals surface area contributed by atoms with E-state index >= 15 is 0 Å². The van der Waals surface area contributed by atoms with Crippen LogP contribution < -0.4 is 5.32 Å². The van der Waals surface area contributed by atoms with E-state index in [1.54, 1.807) is 0 Å². The predicted octanol–water partition coefficient (Wildman–Crippen LogP) is 2.28. The summed E-state index contributed by atoms with van der Waals surface area (Å²) in [6, 6.07) is 1.44. The topological polar surface area (TPSA) is 18.5 Å². The van der Waals surface area contributed by atoms with Crippen LogP contribution in [0.5, 0.6) is 0 Å². The Labute approximate surface area is 126 Å². The van der Waals surface area contributed by atoms with Gasteiger partial charge in [0.05, 0.1) is 0 Å². The molecule has 1 saturated carbocycles. The molecule has 2 fully saturated rings. The Balaban J connectivity index is 1.91. The van der Waals surface area contributed by atoms with Crippen molar-refractivity contribution in [1.29, 1.82) is 0 Å². The number of likely N-dealkylation sites (N-methyl/N-ethyl adjacent to an activating group) is 1. The Hall–Kier alpha value is -0.120. The predicted molar refractivity (Wildman–Crippen MR) is 87.0 cm³/mol. The highest BCUT2D eigenvalue weighted by atomic mass is 15.3. The highest BCUT2D eigenvalue weighted by Crippen LogP contribution is 2.34. The SMILES string of the molecule is CCN1CCN(CC2C(C)CC(C)CC2NC)CC1C. The van der Waals surface area contributed by atoms with Gasteiger partial charge >= 0.3 is 0 Å². The second-order valence-corrected chi connectivity index (χ2v) is 7.35. The van der Waals surface area contributed by atoms with Gasteiger partial charge in [-0.05, 0) is 51.1 Å². The lowest BCUT2D eigenvalue weighted by Gasteiger charge is -2.45. The Kier molecular flexibility index (Phi) is 5.88. The monoisotopic (exact) mass is 281 g/mol. The van der Waals surface area contributed by atoms with Crippen molar-refractivity contribution in [2.24, 2.45) is 17.8 Å². The first-order valence-corrected chi connectivity index (χ1v) is 8.68. The van der Waals surface area contributed by atoms with Crippen LogP contribution in [0.15, 0.2) is 0 Å². The Morgan fingerprint density at radius 3 is 2.45 bits per heavy atom. The van der Waals surface area contributed by atoms with Crippen LogP contribution in [0.3, 0.4) is 0 Å². The van der Waals surface area contributed by atoms with Gasteiger partial charge in [-0.1, -0.05) is 20.8 Å². The second-order valence-electron chi connectivity index (χ2n) is 7.35. The minimum absolute atomic E-state index is 0.716. The first-order valence-electron chi connectivity index (χ1n) is 8.68. The van der Waals surface area contributed by atoms with Crippen LogP contribution in [0.25, 0.3) is 0 Å². The van der Waals surface area contributed by atoms with Gasteiger partial charge in [-0.3, -0.25) is 4.90 Å². The molecule has 1 aliphatic heterocycles. The minimum Gasteiger partial charge on any atom is -0.317 e. The maximum Gasteiger partial charge on any atom is 0.0195 e. The molecule has 1 heterocycles. The van der Waals surface area contributed by atoms with Gasteiger partial charge in [0.15, 0.2) is 0 Å². The summed E-state index contributed by atoms with van der Waals surface area (Å²) >= 11 is 0. The van der Waals surface area contributed by atoms with E-state index in [4.69, 9.17) is 0 Å². The third-order valence-electron chi connectivity index (χ3n) is 5.77. The molecule has 20 heavy (non-hydrogen) atoms. The third kappa shape index (κ3) is 3.75. The van der Waals surface area contributed by atoms with Crippen molar-refractivity contribution in [1.82, 2.24) is 15.1 Å². The number of nitrogens with one attached hydrogen (secondary N) is 1. The van der Waals surface area contributed by atoms with Crippen LogP contribution in [0.1, 0.15) is 40.5 Å². The summed E-state index contributed by atoms with van der Waals surface area (Å²) in [5.74, 6) is 2.57. The van der Waals surface area contributed by atoms with E-state index in [0.717, 1.165) is 23.8 Å². The van der Waals surface area contributed by atoms with Gasteiger partial charge in [-0.25, -0.2) is 0 Å². The van der Waals surface area contributed by atoms with Crippen molar-refractivity contribution < 1.29 is 0 Å². The van der Waals surface area contributed by atoms with Crippen molar-refractivity contribution >= 4 is 0 Å². The van der Waals surface area contributed by atoms with Gasteiger partial charge in [0.1, 0.15) is 0 Å². The lowest BCUT2D eigenvalue weighted by Crippen LogP contribution is -2.55. The summed E-state index contributed by atoms with van der Waals surface area (Å²) < 4.78 is 0. The van der Waals surface area contributed by atoms with Crippen molar-refractivity contribution in [3.63, 3.8) is 0 Å². The molecule has 1 saturated heterocycles. The van der Waals surface area contributed by atoms with E-state index in [0.29, 0.717) is 6.04 Å². The molecule has 0 aromatic heterocycles. The fraction of sp³-hybridized carbons (Fsp3) is 1.00. The molecule has 0 amide bonds.